The quantitative estimate of drug-likeness (QED) is 0.482. The van der Waals surface area contributed by atoms with Gasteiger partial charge >= 0.3 is 6.36 Å². The number of benzene rings is 2. The predicted octanol–water partition coefficient (Wildman–Crippen LogP) is 6.86. The molecule has 29 heavy (non-hydrogen) atoms. The molecule has 7 heteroatoms. The molecular formula is C22H20F4N2O. The third kappa shape index (κ3) is 4.60. The van der Waals surface area contributed by atoms with Crippen LogP contribution in [-0.4, -0.2) is 16.3 Å². The lowest BCUT2D eigenvalue weighted by Crippen LogP contribution is -2.17. The summed E-state index contributed by atoms with van der Waals surface area (Å²) in [4.78, 5) is 7.64. The first-order chi connectivity index (χ1) is 13.9. The maximum atomic E-state index is 14.4. The third-order valence-corrected chi connectivity index (χ3v) is 5.17. The van der Waals surface area contributed by atoms with E-state index in [9.17, 15) is 17.6 Å². The number of allylic oxidation sites excluding steroid dienone is 1. The van der Waals surface area contributed by atoms with Crippen LogP contribution in [0.25, 0.3) is 28.2 Å². The average Bonchev–Trinajstić information content (AvgIpc) is 3.08. The number of hydrogen-bond donors (Lipinski definition) is 1. The number of aromatic nitrogens is 2. The molecule has 4 rings (SSSR count). The van der Waals surface area contributed by atoms with Gasteiger partial charge in [-0.25, -0.2) is 9.37 Å². The Bertz CT molecular complexity index is 1030. The van der Waals surface area contributed by atoms with Gasteiger partial charge < -0.3 is 9.72 Å². The van der Waals surface area contributed by atoms with Crippen LogP contribution in [-0.2, 0) is 0 Å². The smallest absolute Gasteiger partial charge is 0.405 e. The number of fused-ring (bicyclic) bond motifs is 1. The Morgan fingerprint density at radius 2 is 1.86 bits per heavy atom. The maximum Gasteiger partial charge on any atom is 0.573 e. The van der Waals surface area contributed by atoms with E-state index < -0.39 is 17.9 Å². The molecular weight excluding hydrogens is 384 g/mol. The molecule has 1 aliphatic rings. The Morgan fingerprint density at radius 1 is 1.07 bits per heavy atom. The van der Waals surface area contributed by atoms with Gasteiger partial charge in [-0.3, -0.25) is 0 Å². The summed E-state index contributed by atoms with van der Waals surface area (Å²) in [5.41, 5.74) is 1.32. The molecule has 0 amide bonds. The lowest BCUT2D eigenvalue weighted by molar-refractivity contribution is -0.274. The number of imidazole rings is 1. The second-order valence-electron chi connectivity index (χ2n) is 7.27. The molecule has 3 aromatic rings. The zero-order valence-corrected chi connectivity index (χ0v) is 15.6. The van der Waals surface area contributed by atoms with Crippen molar-refractivity contribution < 1.29 is 22.3 Å². The van der Waals surface area contributed by atoms with E-state index >= 15 is 0 Å². The minimum Gasteiger partial charge on any atom is -0.405 e. The van der Waals surface area contributed by atoms with Crippen LogP contribution in [0.1, 0.15) is 37.9 Å². The van der Waals surface area contributed by atoms with Crippen LogP contribution in [0.3, 0.4) is 0 Å². The monoisotopic (exact) mass is 404 g/mol. The Kier molecular flexibility index (Phi) is 5.30. The summed E-state index contributed by atoms with van der Waals surface area (Å²) >= 11 is 0. The summed E-state index contributed by atoms with van der Waals surface area (Å²) in [6.07, 6.45) is 5.31. The molecule has 1 saturated carbocycles. The molecule has 1 aliphatic carbocycles. The van der Waals surface area contributed by atoms with Crippen molar-refractivity contribution in [3.63, 3.8) is 0 Å². The van der Waals surface area contributed by atoms with Crippen molar-refractivity contribution in [2.24, 2.45) is 5.92 Å². The van der Waals surface area contributed by atoms with Crippen molar-refractivity contribution >= 4 is 17.1 Å². The SMILES string of the molecule is Fc1cccc(OC(F)(F)F)c1-c1ccc2nc(/C=C/C3CCCCC3)[nH]c2c1. The molecule has 0 aliphatic heterocycles. The number of aromatic amines is 1. The van der Waals surface area contributed by atoms with Crippen LogP contribution in [0, 0.1) is 11.7 Å². The van der Waals surface area contributed by atoms with Crippen molar-refractivity contribution in [1.29, 1.82) is 0 Å². The molecule has 0 saturated heterocycles. The second-order valence-corrected chi connectivity index (χ2v) is 7.27. The fraction of sp³-hybridized carbons (Fsp3) is 0.318. The lowest BCUT2D eigenvalue weighted by Gasteiger charge is -2.17. The van der Waals surface area contributed by atoms with Gasteiger partial charge in [0.25, 0.3) is 0 Å². The van der Waals surface area contributed by atoms with Gasteiger partial charge in [-0.05, 0) is 54.7 Å². The number of alkyl halides is 3. The van der Waals surface area contributed by atoms with E-state index in [1.807, 2.05) is 6.08 Å². The predicted molar refractivity (Wildman–Crippen MR) is 104 cm³/mol. The highest BCUT2D eigenvalue weighted by atomic mass is 19.4. The molecule has 1 N–H and O–H groups in total. The minimum absolute atomic E-state index is 0.236. The van der Waals surface area contributed by atoms with Crippen LogP contribution < -0.4 is 4.74 Å². The summed E-state index contributed by atoms with van der Waals surface area (Å²) in [6.45, 7) is 0. The van der Waals surface area contributed by atoms with Crippen molar-refractivity contribution in [3.8, 4) is 16.9 Å². The highest BCUT2D eigenvalue weighted by Gasteiger charge is 2.33. The van der Waals surface area contributed by atoms with Crippen molar-refractivity contribution in [1.82, 2.24) is 9.97 Å². The molecule has 2 aromatic carbocycles. The molecule has 3 nitrogen and oxygen atoms in total. The van der Waals surface area contributed by atoms with Crippen molar-refractivity contribution in [2.45, 2.75) is 38.5 Å². The van der Waals surface area contributed by atoms with Gasteiger partial charge in [0.05, 0.1) is 16.6 Å². The molecule has 1 heterocycles. The number of ether oxygens (including phenoxy) is 1. The fourth-order valence-corrected chi connectivity index (χ4v) is 3.81. The van der Waals surface area contributed by atoms with E-state index in [0.29, 0.717) is 22.8 Å². The summed E-state index contributed by atoms with van der Waals surface area (Å²) in [6, 6.07) is 8.17. The molecule has 1 fully saturated rings. The molecule has 0 spiro atoms. The lowest BCUT2D eigenvalue weighted by atomic mass is 9.89. The molecule has 0 unspecified atom stereocenters. The molecule has 0 radical (unpaired) electrons. The first-order valence-electron chi connectivity index (χ1n) is 9.62. The number of halogens is 4. The normalized spacial score (nSPS) is 16.0. The van der Waals surface area contributed by atoms with Crippen LogP contribution in [0.4, 0.5) is 17.6 Å². The highest BCUT2D eigenvalue weighted by Crippen LogP contribution is 2.37. The number of hydrogen-bond acceptors (Lipinski definition) is 2. The van der Waals surface area contributed by atoms with Crippen LogP contribution in [0.15, 0.2) is 42.5 Å². The van der Waals surface area contributed by atoms with E-state index in [0.717, 1.165) is 12.1 Å². The van der Waals surface area contributed by atoms with Gasteiger partial charge in [0.1, 0.15) is 17.4 Å². The van der Waals surface area contributed by atoms with Gasteiger partial charge in [0, 0.05) is 0 Å². The zero-order chi connectivity index (χ0) is 20.4. The summed E-state index contributed by atoms with van der Waals surface area (Å²) in [7, 11) is 0. The van der Waals surface area contributed by atoms with E-state index in [-0.39, 0.29) is 11.1 Å². The van der Waals surface area contributed by atoms with Crippen LogP contribution in [0.2, 0.25) is 0 Å². The van der Waals surface area contributed by atoms with Gasteiger partial charge in [-0.15, -0.1) is 13.2 Å². The van der Waals surface area contributed by atoms with Crippen LogP contribution in [0.5, 0.6) is 5.75 Å². The van der Waals surface area contributed by atoms with E-state index in [4.69, 9.17) is 0 Å². The van der Waals surface area contributed by atoms with E-state index in [1.54, 1.807) is 18.2 Å². The second kappa shape index (κ2) is 7.89. The van der Waals surface area contributed by atoms with Gasteiger partial charge in [-0.2, -0.15) is 0 Å². The Hall–Kier alpha value is -2.83. The van der Waals surface area contributed by atoms with E-state index in [1.165, 1.54) is 38.2 Å². The summed E-state index contributed by atoms with van der Waals surface area (Å²) in [5, 5.41) is 0. The minimum atomic E-state index is -4.91. The Labute approximate surface area is 165 Å². The molecule has 0 bridgehead atoms. The van der Waals surface area contributed by atoms with E-state index in [2.05, 4.69) is 20.8 Å². The fourth-order valence-electron chi connectivity index (χ4n) is 3.81. The van der Waals surface area contributed by atoms with Crippen molar-refractivity contribution in [3.05, 3.63) is 54.1 Å². The highest BCUT2D eigenvalue weighted by molar-refractivity contribution is 5.84. The first-order valence-corrected chi connectivity index (χ1v) is 9.62. The number of H-pyrrole nitrogens is 1. The number of nitrogens with zero attached hydrogens (tertiary/aromatic N) is 1. The largest absolute Gasteiger partial charge is 0.573 e. The van der Waals surface area contributed by atoms with Gasteiger partial charge in [0.2, 0.25) is 0 Å². The molecule has 0 atom stereocenters. The standard InChI is InChI=1S/C22H20F4N2O/c23-16-7-4-8-19(29-22(24,25)26)21(16)15-10-11-17-18(13-15)28-20(27-17)12-9-14-5-2-1-3-6-14/h4,7-14H,1-3,5-6H2,(H,27,28)/b12-9+. The maximum absolute atomic E-state index is 14.4. The van der Waals surface area contributed by atoms with Crippen LogP contribution >= 0.6 is 0 Å². The third-order valence-electron chi connectivity index (χ3n) is 5.17. The zero-order valence-electron chi connectivity index (χ0n) is 15.6. The number of nitrogens with one attached hydrogen (secondary N) is 1. The number of rotatable bonds is 4. The summed E-state index contributed by atoms with van der Waals surface area (Å²) < 4.78 is 56.5. The Balaban J connectivity index is 1.65. The topological polar surface area (TPSA) is 37.9 Å². The molecule has 1 aromatic heterocycles. The Morgan fingerprint density at radius 3 is 2.62 bits per heavy atom. The van der Waals surface area contributed by atoms with Gasteiger partial charge in [-0.1, -0.05) is 37.5 Å². The van der Waals surface area contributed by atoms with Crippen molar-refractivity contribution in [2.75, 3.05) is 0 Å². The average molecular weight is 404 g/mol. The summed E-state index contributed by atoms with van der Waals surface area (Å²) in [5.74, 6) is -0.146. The van der Waals surface area contributed by atoms with Gasteiger partial charge in [0.15, 0.2) is 0 Å². The first kappa shape index (κ1) is 19.5. The molecule has 152 valence electrons.